The molecule has 1 amide bonds. The van der Waals surface area contributed by atoms with Gasteiger partial charge in [0.15, 0.2) is 0 Å². The minimum atomic E-state index is -0.851. The molecule has 0 saturated carbocycles. The number of piperidine rings is 1. The molecule has 4 heterocycles. The Hall–Kier alpha value is -2.94. The molecule has 1 fully saturated rings. The number of thiophene rings is 1. The van der Waals surface area contributed by atoms with Gasteiger partial charge in [0.05, 0.1) is 16.2 Å². The molecule has 3 N–H and O–H groups in total. The number of nitrogens with zero attached hydrogens (tertiary/aromatic N) is 2. The van der Waals surface area contributed by atoms with Crippen molar-refractivity contribution in [2.24, 2.45) is 5.92 Å². The summed E-state index contributed by atoms with van der Waals surface area (Å²) in [6.07, 6.45) is 3.09. The molecule has 1 aliphatic heterocycles. The lowest BCUT2D eigenvalue weighted by Gasteiger charge is -2.30. The number of carbonyl (C=O) groups excluding carboxylic acids is 1. The number of H-pyrrole nitrogens is 2. The number of nitrogens with one attached hydrogen (secondary N) is 2. The summed E-state index contributed by atoms with van der Waals surface area (Å²) >= 11 is 1.38. The minimum Gasteiger partial charge on any atom is -0.481 e. The Kier molecular flexibility index (Phi) is 4.99. The molecule has 1 aliphatic rings. The van der Waals surface area contributed by atoms with Gasteiger partial charge in [0.25, 0.3) is 11.5 Å². The monoisotopic (exact) mass is 414 g/mol. The smallest absolute Gasteiger partial charge is 0.308 e. The molecule has 3 aromatic heterocycles. The van der Waals surface area contributed by atoms with Gasteiger partial charge in [-0.05, 0) is 37.5 Å². The van der Waals surface area contributed by atoms with E-state index in [9.17, 15) is 19.5 Å². The van der Waals surface area contributed by atoms with E-state index in [2.05, 4.69) is 15.0 Å². The maximum absolute atomic E-state index is 12.9. The van der Waals surface area contributed by atoms with Crippen molar-refractivity contribution in [2.75, 3.05) is 13.1 Å². The van der Waals surface area contributed by atoms with Crippen molar-refractivity contribution >= 4 is 34.2 Å². The van der Waals surface area contributed by atoms with Crippen molar-refractivity contribution in [3.63, 3.8) is 0 Å². The van der Waals surface area contributed by atoms with Gasteiger partial charge in [-0.25, -0.2) is 4.98 Å². The number of aromatic nitrogens is 3. The fourth-order valence-electron chi connectivity index (χ4n) is 3.89. The first-order valence-electron chi connectivity index (χ1n) is 9.55. The van der Waals surface area contributed by atoms with Crippen LogP contribution in [0.15, 0.2) is 23.1 Å². The summed E-state index contributed by atoms with van der Waals surface area (Å²) in [4.78, 5) is 49.8. The molecule has 0 bridgehead atoms. The van der Waals surface area contributed by atoms with Crippen LogP contribution in [0, 0.1) is 12.8 Å². The number of aliphatic carboxylic acids is 1. The molecule has 0 spiro atoms. The number of amides is 1. The van der Waals surface area contributed by atoms with Crippen LogP contribution >= 0.6 is 11.3 Å². The van der Waals surface area contributed by atoms with Gasteiger partial charge in [-0.1, -0.05) is 6.92 Å². The molecule has 0 aromatic carbocycles. The van der Waals surface area contributed by atoms with Crippen LogP contribution in [0.3, 0.4) is 0 Å². The molecule has 152 valence electrons. The van der Waals surface area contributed by atoms with Crippen molar-refractivity contribution < 1.29 is 14.7 Å². The van der Waals surface area contributed by atoms with Crippen LogP contribution in [0.25, 0.3) is 11.0 Å². The van der Waals surface area contributed by atoms with E-state index in [1.54, 1.807) is 24.1 Å². The number of hydrogen-bond acceptors (Lipinski definition) is 5. The van der Waals surface area contributed by atoms with Gasteiger partial charge in [-0.3, -0.25) is 14.4 Å². The summed E-state index contributed by atoms with van der Waals surface area (Å²) in [6.45, 7) is 4.55. The number of likely N-dealkylation sites (tertiary alicyclic amines) is 1. The van der Waals surface area contributed by atoms with Gasteiger partial charge in [0.1, 0.15) is 11.5 Å². The van der Waals surface area contributed by atoms with Crippen molar-refractivity contribution in [2.45, 2.75) is 32.6 Å². The summed E-state index contributed by atoms with van der Waals surface area (Å²) in [6, 6.07) is 3.68. The zero-order valence-electron chi connectivity index (χ0n) is 16.2. The van der Waals surface area contributed by atoms with Gasteiger partial charge in [-0.15, -0.1) is 11.3 Å². The fraction of sp³-hybridized carbons (Fsp3) is 0.400. The Balaban J connectivity index is 1.58. The Morgan fingerprint density at radius 1 is 1.38 bits per heavy atom. The molecular weight excluding hydrogens is 392 g/mol. The minimum absolute atomic E-state index is 0.0889. The number of carboxylic acids is 1. The third-order valence-electron chi connectivity index (χ3n) is 5.48. The standard InChI is InChI=1S/C20H22N4O4S/c1-10(13-8-21-17-16(13)18(25)23-11(2)22-17)14-5-6-15(29-14)19(26)24-7-3-4-12(9-24)20(27)28/h5-6,8,10,12H,3-4,7,9H2,1-2H3,(H,27,28)(H2,21,22,23,25). The van der Waals surface area contributed by atoms with Gasteiger partial charge in [0, 0.05) is 30.1 Å². The molecule has 0 radical (unpaired) electrons. The summed E-state index contributed by atoms with van der Waals surface area (Å²) in [5.41, 5.74) is 1.20. The summed E-state index contributed by atoms with van der Waals surface area (Å²) in [7, 11) is 0. The number of fused-ring (bicyclic) bond motifs is 1. The maximum Gasteiger partial charge on any atom is 0.308 e. The molecule has 9 heteroatoms. The molecule has 29 heavy (non-hydrogen) atoms. The number of aromatic amines is 2. The van der Waals surface area contributed by atoms with Crippen molar-refractivity contribution in [3.8, 4) is 0 Å². The molecule has 2 unspecified atom stereocenters. The first-order valence-corrected chi connectivity index (χ1v) is 10.4. The lowest BCUT2D eigenvalue weighted by Crippen LogP contribution is -2.42. The Labute approximate surface area is 170 Å². The van der Waals surface area contributed by atoms with E-state index >= 15 is 0 Å². The molecule has 2 atom stereocenters. The third kappa shape index (κ3) is 3.57. The second-order valence-electron chi connectivity index (χ2n) is 7.47. The fourth-order valence-corrected chi connectivity index (χ4v) is 4.94. The number of aryl methyl sites for hydroxylation is 1. The Morgan fingerprint density at radius 2 is 2.17 bits per heavy atom. The maximum atomic E-state index is 12.9. The van der Waals surface area contributed by atoms with E-state index in [1.165, 1.54) is 11.3 Å². The van der Waals surface area contributed by atoms with Crippen molar-refractivity contribution in [1.29, 1.82) is 0 Å². The van der Waals surface area contributed by atoms with E-state index in [-0.39, 0.29) is 23.9 Å². The highest BCUT2D eigenvalue weighted by atomic mass is 32.1. The van der Waals surface area contributed by atoms with E-state index in [4.69, 9.17) is 0 Å². The van der Waals surface area contributed by atoms with Crippen LogP contribution < -0.4 is 5.56 Å². The molecule has 1 saturated heterocycles. The Morgan fingerprint density at radius 3 is 2.93 bits per heavy atom. The quantitative estimate of drug-likeness (QED) is 0.606. The van der Waals surface area contributed by atoms with Gasteiger partial charge in [-0.2, -0.15) is 0 Å². The number of carboxylic acid groups (broad SMARTS) is 1. The zero-order valence-corrected chi connectivity index (χ0v) is 17.0. The van der Waals surface area contributed by atoms with Gasteiger partial charge in [0.2, 0.25) is 0 Å². The van der Waals surface area contributed by atoms with Crippen LogP contribution in [-0.4, -0.2) is 49.9 Å². The van der Waals surface area contributed by atoms with Gasteiger partial charge < -0.3 is 20.0 Å². The molecule has 4 rings (SSSR count). The summed E-state index contributed by atoms with van der Waals surface area (Å²) < 4.78 is 0. The Bertz CT molecular complexity index is 1150. The van der Waals surface area contributed by atoms with Crippen LogP contribution in [0.1, 0.15) is 51.6 Å². The first-order chi connectivity index (χ1) is 13.8. The van der Waals surface area contributed by atoms with E-state index in [0.717, 1.165) is 10.4 Å². The van der Waals surface area contributed by atoms with Crippen molar-refractivity contribution in [3.05, 3.63) is 49.8 Å². The highest BCUT2D eigenvalue weighted by Crippen LogP contribution is 2.33. The van der Waals surface area contributed by atoms with E-state index < -0.39 is 11.9 Å². The molecular formula is C20H22N4O4S. The molecule has 3 aromatic rings. The third-order valence-corrected chi connectivity index (χ3v) is 6.74. The average molecular weight is 414 g/mol. The van der Waals surface area contributed by atoms with Crippen molar-refractivity contribution in [1.82, 2.24) is 19.9 Å². The molecule has 0 aliphatic carbocycles. The lowest BCUT2D eigenvalue weighted by atomic mass is 9.98. The average Bonchev–Trinajstić information content (AvgIpc) is 3.34. The predicted molar refractivity (Wildman–Crippen MR) is 110 cm³/mol. The topological polar surface area (TPSA) is 119 Å². The number of rotatable bonds is 4. The largest absolute Gasteiger partial charge is 0.481 e. The normalized spacial score (nSPS) is 18.1. The second kappa shape index (κ2) is 7.47. The highest BCUT2D eigenvalue weighted by molar-refractivity contribution is 7.14. The van der Waals surface area contributed by atoms with E-state index in [0.29, 0.717) is 41.1 Å². The van der Waals surface area contributed by atoms with Gasteiger partial charge >= 0.3 is 5.97 Å². The number of carbonyl (C=O) groups is 2. The van der Waals surface area contributed by atoms with E-state index in [1.807, 2.05) is 13.0 Å². The van der Waals surface area contributed by atoms with Crippen LogP contribution in [0.5, 0.6) is 0 Å². The van der Waals surface area contributed by atoms with Crippen LogP contribution in [0.4, 0.5) is 0 Å². The second-order valence-corrected chi connectivity index (χ2v) is 8.59. The summed E-state index contributed by atoms with van der Waals surface area (Å²) in [5, 5.41) is 9.78. The lowest BCUT2D eigenvalue weighted by molar-refractivity contribution is -0.143. The molecule has 8 nitrogen and oxygen atoms in total. The number of hydrogen-bond donors (Lipinski definition) is 3. The van der Waals surface area contributed by atoms with Crippen LogP contribution in [-0.2, 0) is 4.79 Å². The predicted octanol–water partition coefficient (Wildman–Crippen LogP) is 2.71. The first kappa shape index (κ1) is 19.4. The summed E-state index contributed by atoms with van der Waals surface area (Å²) in [5.74, 6) is -1.02. The van der Waals surface area contributed by atoms with Crippen LogP contribution in [0.2, 0.25) is 0 Å². The highest BCUT2D eigenvalue weighted by Gasteiger charge is 2.29. The zero-order chi connectivity index (χ0) is 20.7. The SMILES string of the molecule is Cc1nc2[nH]cc(C(C)c3ccc(C(=O)N4CCCC(C(=O)O)C4)s3)c2c(=O)[nH]1.